The van der Waals surface area contributed by atoms with E-state index in [2.05, 4.69) is 24.4 Å². The van der Waals surface area contributed by atoms with Crippen LogP contribution in [0.1, 0.15) is 78.8 Å². The van der Waals surface area contributed by atoms with Crippen LogP contribution in [0.5, 0.6) is 5.75 Å². The number of rotatable bonds is 12. The zero-order valence-corrected chi connectivity index (χ0v) is 19.3. The van der Waals surface area contributed by atoms with Crippen molar-refractivity contribution in [3.8, 4) is 5.75 Å². The number of halogens is 1. The molecule has 0 heterocycles. The second-order valence-electron chi connectivity index (χ2n) is 9.03. The Kier molecular flexibility index (Phi) is 9.24. The number of ether oxygens (including phenoxy) is 1. The van der Waals surface area contributed by atoms with Gasteiger partial charge in [0, 0.05) is 18.5 Å². The van der Waals surface area contributed by atoms with Crippen molar-refractivity contribution in [2.75, 3.05) is 26.8 Å². The van der Waals surface area contributed by atoms with E-state index >= 15 is 0 Å². The molecule has 32 heavy (non-hydrogen) atoms. The Morgan fingerprint density at radius 3 is 2.69 bits per heavy atom. The molecule has 5 heteroatoms. The summed E-state index contributed by atoms with van der Waals surface area (Å²) in [6.07, 6.45) is 5.93. The quantitative estimate of drug-likeness (QED) is 0.339. The van der Waals surface area contributed by atoms with Gasteiger partial charge in [-0.25, -0.2) is 4.39 Å². The summed E-state index contributed by atoms with van der Waals surface area (Å²) >= 11 is 0. The maximum atomic E-state index is 13.7. The van der Waals surface area contributed by atoms with E-state index in [0.717, 1.165) is 36.9 Å². The zero-order valence-electron chi connectivity index (χ0n) is 19.3. The predicted molar refractivity (Wildman–Crippen MR) is 126 cm³/mol. The summed E-state index contributed by atoms with van der Waals surface area (Å²) < 4.78 is 18.8. The molecule has 0 spiro atoms. The highest BCUT2D eigenvalue weighted by atomic mass is 19.1. The second kappa shape index (κ2) is 12.1. The molecule has 0 saturated heterocycles. The van der Waals surface area contributed by atoms with Crippen molar-refractivity contribution in [2.24, 2.45) is 5.92 Å². The molecule has 2 aromatic carbocycles. The topological polar surface area (TPSA) is 58.6 Å². The van der Waals surface area contributed by atoms with Crippen LogP contribution in [0, 0.1) is 11.7 Å². The van der Waals surface area contributed by atoms with Gasteiger partial charge in [-0.1, -0.05) is 37.3 Å². The second-order valence-corrected chi connectivity index (χ2v) is 9.03. The van der Waals surface area contributed by atoms with Crippen LogP contribution in [0.4, 0.5) is 4.39 Å². The largest absolute Gasteiger partial charge is 0.494 e. The maximum Gasteiger partial charge on any atom is 0.165 e. The van der Waals surface area contributed by atoms with E-state index in [1.165, 1.54) is 31.6 Å². The maximum absolute atomic E-state index is 13.7. The molecule has 1 saturated carbocycles. The molecular formula is C27H36FNO3. The molecular weight excluding hydrogens is 405 g/mol. The van der Waals surface area contributed by atoms with Gasteiger partial charge in [0.1, 0.15) is 0 Å². The third-order valence-corrected chi connectivity index (χ3v) is 6.72. The number of benzene rings is 2. The number of hydrogen-bond acceptors (Lipinski definition) is 4. The Morgan fingerprint density at radius 2 is 1.97 bits per heavy atom. The Balaban J connectivity index is 1.49. The van der Waals surface area contributed by atoms with Gasteiger partial charge < -0.3 is 15.2 Å². The number of carbonyl (C=O) groups excluding carboxylic acids is 1. The Bertz CT molecular complexity index is 868. The van der Waals surface area contributed by atoms with Crippen LogP contribution in [0.2, 0.25) is 0 Å². The molecule has 1 aliphatic carbocycles. The zero-order chi connectivity index (χ0) is 22.9. The minimum Gasteiger partial charge on any atom is -0.494 e. The van der Waals surface area contributed by atoms with Crippen molar-refractivity contribution in [3.05, 3.63) is 65.0 Å². The molecule has 4 nitrogen and oxygen atoms in total. The SMILES string of the molecule is COc1cc([C@@H](C)C[C@H]2CC[C@@H](c3ccc(C(=O)CCCNCCO)cc3)C2)ccc1F. The lowest BCUT2D eigenvalue weighted by atomic mass is 9.87. The van der Waals surface area contributed by atoms with E-state index in [1.807, 2.05) is 24.3 Å². The smallest absolute Gasteiger partial charge is 0.165 e. The van der Waals surface area contributed by atoms with Gasteiger partial charge in [-0.3, -0.25) is 4.79 Å². The average Bonchev–Trinajstić information content (AvgIpc) is 3.27. The monoisotopic (exact) mass is 441 g/mol. The Labute approximate surface area is 191 Å². The molecule has 0 bridgehead atoms. The predicted octanol–water partition coefficient (Wildman–Crippen LogP) is 5.46. The van der Waals surface area contributed by atoms with Gasteiger partial charge in [-0.2, -0.15) is 0 Å². The van der Waals surface area contributed by atoms with E-state index < -0.39 is 0 Å². The molecule has 1 fully saturated rings. The summed E-state index contributed by atoms with van der Waals surface area (Å²) in [6.45, 7) is 3.65. The van der Waals surface area contributed by atoms with Crippen LogP contribution in [-0.2, 0) is 0 Å². The fraction of sp³-hybridized carbons (Fsp3) is 0.519. The molecule has 0 aliphatic heterocycles. The van der Waals surface area contributed by atoms with Gasteiger partial charge in [-0.15, -0.1) is 0 Å². The number of methoxy groups -OCH3 is 1. The van der Waals surface area contributed by atoms with E-state index in [4.69, 9.17) is 9.84 Å². The lowest BCUT2D eigenvalue weighted by molar-refractivity contribution is 0.0980. The van der Waals surface area contributed by atoms with Crippen LogP contribution >= 0.6 is 0 Å². The molecule has 2 N–H and O–H groups in total. The fourth-order valence-corrected chi connectivity index (χ4v) is 4.87. The van der Waals surface area contributed by atoms with E-state index in [1.54, 1.807) is 0 Å². The first-order valence-electron chi connectivity index (χ1n) is 11.8. The number of aliphatic hydroxyl groups is 1. The minimum absolute atomic E-state index is 0.122. The lowest BCUT2D eigenvalue weighted by Crippen LogP contribution is -2.20. The number of nitrogens with one attached hydrogen (secondary N) is 1. The highest BCUT2D eigenvalue weighted by Gasteiger charge is 2.27. The molecule has 174 valence electrons. The molecule has 0 unspecified atom stereocenters. The summed E-state index contributed by atoms with van der Waals surface area (Å²) in [5, 5.41) is 11.9. The highest BCUT2D eigenvalue weighted by molar-refractivity contribution is 5.96. The van der Waals surface area contributed by atoms with Crippen LogP contribution in [-0.4, -0.2) is 37.7 Å². The van der Waals surface area contributed by atoms with Crippen LogP contribution in [0.25, 0.3) is 0 Å². The fourth-order valence-electron chi connectivity index (χ4n) is 4.87. The molecule has 3 atom stereocenters. The molecule has 1 aliphatic rings. The molecule has 0 amide bonds. The van der Waals surface area contributed by atoms with Crippen molar-refractivity contribution in [3.63, 3.8) is 0 Å². The molecule has 0 aromatic heterocycles. The van der Waals surface area contributed by atoms with Crippen molar-refractivity contribution in [1.29, 1.82) is 0 Å². The number of ketones is 1. The van der Waals surface area contributed by atoms with Crippen molar-refractivity contribution >= 4 is 5.78 Å². The van der Waals surface area contributed by atoms with Gasteiger partial charge in [0.15, 0.2) is 17.3 Å². The Hall–Kier alpha value is -2.24. The first-order chi connectivity index (χ1) is 15.5. The van der Waals surface area contributed by atoms with Gasteiger partial charge in [0.2, 0.25) is 0 Å². The van der Waals surface area contributed by atoms with E-state index in [0.29, 0.717) is 36.5 Å². The third-order valence-electron chi connectivity index (χ3n) is 6.72. The standard InChI is InChI=1S/C27H36FNO3/c1-19(23-11-12-25(28)27(18-23)32-2)16-20-5-6-24(17-20)21-7-9-22(10-8-21)26(31)4-3-13-29-14-15-30/h7-12,18-20,24,29-30H,3-6,13-17H2,1-2H3/t19-,20+,24+/m0/s1. The average molecular weight is 442 g/mol. The van der Waals surface area contributed by atoms with Gasteiger partial charge in [-0.05, 0) is 79.7 Å². The normalized spacial score (nSPS) is 19.1. The first-order valence-corrected chi connectivity index (χ1v) is 11.8. The minimum atomic E-state index is -0.315. The number of Topliss-reactive ketones (excluding diaryl/α,β-unsaturated/α-hetero) is 1. The summed E-state index contributed by atoms with van der Waals surface area (Å²) in [6, 6.07) is 13.4. The van der Waals surface area contributed by atoms with Gasteiger partial charge in [0.05, 0.1) is 13.7 Å². The summed E-state index contributed by atoms with van der Waals surface area (Å²) in [4.78, 5) is 12.4. The van der Waals surface area contributed by atoms with E-state index in [9.17, 15) is 9.18 Å². The lowest BCUT2D eigenvalue weighted by Gasteiger charge is -2.18. The third kappa shape index (κ3) is 6.63. The van der Waals surface area contributed by atoms with Crippen molar-refractivity contribution in [1.82, 2.24) is 5.32 Å². The van der Waals surface area contributed by atoms with Gasteiger partial charge >= 0.3 is 0 Å². The molecule has 0 radical (unpaired) electrons. The highest BCUT2D eigenvalue weighted by Crippen LogP contribution is 2.42. The van der Waals surface area contributed by atoms with Gasteiger partial charge in [0.25, 0.3) is 0 Å². The molecule has 3 rings (SSSR count). The number of carbonyl (C=O) groups is 1. The number of hydrogen-bond donors (Lipinski definition) is 2. The van der Waals surface area contributed by atoms with Crippen LogP contribution in [0.3, 0.4) is 0 Å². The first kappa shape index (κ1) is 24.4. The molecule has 2 aromatic rings. The van der Waals surface area contributed by atoms with Crippen molar-refractivity contribution in [2.45, 2.75) is 57.3 Å². The van der Waals surface area contributed by atoms with E-state index in [-0.39, 0.29) is 18.2 Å². The summed E-state index contributed by atoms with van der Waals surface area (Å²) in [5.41, 5.74) is 3.23. The van der Waals surface area contributed by atoms with Crippen LogP contribution in [0.15, 0.2) is 42.5 Å². The van der Waals surface area contributed by atoms with Crippen LogP contribution < -0.4 is 10.1 Å². The Morgan fingerprint density at radius 1 is 1.19 bits per heavy atom. The summed E-state index contributed by atoms with van der Waals surface area (Å²) in [7, 11) is 1.50. The van der Waals surface area contributed by atoms with Crippen molar-refractivity contribution < 1.29 is 19.0 Å². The summed E-state index contributed by atoms with van der Waals surface area (Å²) in [5.74, 6) is 1.73. The number of aliphatic hydroxyl groups excluding tert-OH is 1.